The Bertz CT molecular complexity index is 1010. The van der Waals surface area contributed by atoms with Crippen LogP contribution < -0.4 is 5.43 Å². The van der Waals surface area contributed by atoms with Crippen molar-refractivity contribution in [2.45, 2.75) is 31.6 Å². The summed E-state index contributed by atoms with van der Waals surface area (Å²) >= 11 is 0. The van der Waals surface area contributed by atoms with E-state index in [9.17, 15) is 18.5 Å². The molecular weight excluding hydrogens is 408 g/mol. The summed E-state index contributed by atoms with van der Waals surface area (Å²) in [5, 5.41) is 15.5. The van der Waals surface area contributed by atoms with Crippen molar-refractivity contribution in [2.75, 3.05) is 31.7 Å². The fourth-order valence-corrected chi connectivity index (χ4v) is 6.15. The van der Waals surface area contributed by atoms with E-state index >= 15 is 0 Å². The zero-order chi connectivity index (χ0) is 21.5. The van der Waals surface area contributed by atoms with Crippen molar-refractivity contribution in [1.82, 2.24) is 4.31 Å². The Kier molecular flexibility index (Phi) is 5.41. The number of hydrogen-bond donors (Lipinski definition) is 1. The van der Waals surface area contributed by atoms with Crippen LogP contribution >= 0.6 is 0 Å². The summed E-state index contributed by atoms with van der Waals surface area (Å²) in [5.41, 5.74) is 4.14. The Morgan fingerprint density at radius 3 is 2.70 bits per heavy atom. The third kappa shape index (κ3) is 3.63. The molecule has 2 atom stereocenters. The van der Waals surface area contributed by atoms with Gasteiger partial charge in [-0.3, -0.25) is 15.5 Å². The van der Waals surface area contributed by atoms with Crippen LogP contribution in [-0.2, 0) is 14.8 Å². The van der Waals surface area contributed by atoms with Gasteiger partial charge in [-0.15, -0.1) is 0 Å². The van der Waals surface area contributed by atoms with E-state index in [0.29, 0.717) is 25.0 Å². The van der Waals surface area contributed by atoms with Crippen LogP contribution in [0.3, 0.4) is 0 Å². The highest BCUT2D eigenvalue weighted by molar-refractivity contribution is 7.89. The Balaban J connectivity index is 1.60. The highest BCUT2D eigenvalue weighted by Crippen LogP contribution is 2.58. The summed E-state index contributed by atoms with van der Waals surface area (Å²) in [6.07, 6.45) is 6.11. The molecule has 2 bridgehead atoms. The second-order valence-electron chi connectivity index (χ2n) is 8.57. The lowest BCUT2D eigenvalue weighted by Gasteiger charge is -2.55. The van der Waals surface area contributed by atoms with Crippen LogP contribution in [0.15, 0.2) is 39.8 Å². The van der Waals surface area contributed by atoms with Crippen molar-refractivity contribution < 1.29 is 18.1 Å². The zero-order valence-electron chi connectivity index (χ0n) is 17.1. The topological polar surface area (TPSA) is 114 Å². The molecule has 1 aromatic carbocycles. The SMILES string of the molecule is CC1(C)C2CC=C(/C=N/Nc3ccc([N+](=O)[O-])cc3S(=O)(=O)N3CCOCC3)C1C2. The van der Waals surface area contributed by atoms with Crippen molar-refractivity contribution in [1.29, 1.82) is 0 Å². The Morgan fingerprint density at radius 2 is 2.07 bits per heavy atom. The molecule has 3 aliphatic carbocycles. The normalized spacial score (nSPS) is 26.1. The predicted octanol–water partition coefficient (Wildman–Crippen LogP) is 3.01. The largest absolute Gasteiger partial charge is 0.379 e. The first-order valence-corrected chi connectivity index (χ1v) is 11.5. The van der Waals surface area contributed by atoms with E-state index in [1.165, 1.54) is 16.4 Å². The fourth-order valence-electron chi connectivity index (χ4n) is 4.58. The molecule has 10 heteroatoms. The second kappa shape index (κ2) is 7.75. The molecule has 9 nitrogen and oxygen atoms in total. The van der Waals surface area contributed by atoms with Crippen molar-refractivity contribution in [2.24, 2.45) is 22.4 Å². The summed E-state index contributed by atoms with van der Waals surface area (Å²) in [6, 6.07) is 3.75. The first-order chi connectivity index (χ1) is 14.2. The number of non-ortho nitro benzene ring substituents is 1. The van der Waals surface area contributed by atoms with Gasteiger partial charge in [0.25, 0.3) is 5.69 Å². The molecule has 0 aromatic heterocycles. The number of morpholine rings is 1. The van der Waals surface area contributed by atoms with Crippen molar-refractivity contribution in [3.63, 3.8) is 0 Å². The summed E-state index contributed by atoms with van der Waals surface area (Å²) in [6.45, 7) is 5.53. The molecular formula is C20H26N4O5S. The summed E-state index contributed by atoms with van der Waals surface area (Å²) < 4.78 is 32.8. The second-order valence-corrected chi connectivity index (χ2v) is 10.5. The van der Waals surface area contributed by atoms with E-state index in [4.69, 9.17) is 4.74 Å². The number of sulfonamides is 1. The molecule has 2 unspecified atom stereocenters. The van der Waals surface area contributed by atoms with E-state index in [1.807, 2.05) is 0 Å². The molecule has 0 amide bonds. The zero-order valence-corrected chi connectivity index (χ0v) is 17.9. The number of benzene rings is 1. The maximum Gasteiger partial charge on any atom is 0.270 e. The van der Waals surface area contributed by atoms with Gasteiger partial charge in [0.15, 0.2) is 0 Å². The van der Waals surface area contributed by atoms with Crippen LogP contribution in [-0.4, -0.2) is 50.2 Å². The van der Waals surface area contributed by atoms with Gasteiger partial charge < -0.3 is 4.74 Å². The van der Waals surface area contributed by atoms with Crippen molar-refractivity contribution in [3.8, 4) is 0 Å². The van der Waals surface area contributed by atoms with Crippen LogP contribution in [0.2, 0.25) is 0 Å². The minimum absolute atomic E-state index is 0.155. The Morgan fingerprint density at radius 1 is 1.33 bits per heavy atom. The summed E-state index contributed by atoms with van der Waals surface area (Å²) in [4.78, 5) is 10.5. The number of hydrazone groups is 1. The first-order valence-electron chi connectivity index (χ1n) is 10.1. The molecule has 162 valence electrons. The molecule has 1 saturated heterocycles. The monoisotopic (exact) mass is 434 g/mol. The number of fused-ring (bicyclic) bond motifs is 1. The number of nitro groups is 1. The number of ether oxygens (including phenoxy) is 1. The van der Waals surface area contributed by atoms with Crippen LogP contribution in [0.25, 0.3) is 0 Å². The Labute approximate surface area is 176 Å². The van der Waals surface area contributed by atoms with Gasteiger partial charge in [0.05, 0.1) is 30.0 Å². The van der Waals surface area contributed by atoms with Crippen LogP contribution in [0, 0.1) is 27.4 Å². The third-order valence-electron chi connectivity index (χ3n) is 6.67. The maximum atomic E-state index is 13.1. The molecule has 1 aromatic rings. The van der Waals surface area contributed by atoms with E-state index in [1.54, 1.807) is 6.21 Å². The number of rotatable bonds is 6. The average molecular weight is 435 g/mol. The summed E-state index contributed by atoms with van der Waals surface area (Å²) in [7, 11) is -3.93. The lowest BCUT2D eigenvalue weighted by atomic mass is 9.49. The van der Waals surface area contributed by atoms with E-state index < -0.39 is 14.9 Å². The molecule has 4 aliphatic rings. The van der Waals surface area contributed by atoms with Gasteiger partial charge in [-0.05, 0) is 41.7 Å². The lowest BCUT2D eigenvalue weighted by Crippen LogP contribution is -2.48. The number of anilines is 1. The lowest BCUT2D eigenvalue weighted by molar-refractivity contribution is -0.385. The smallest absolute Gasteiger partial charge is 0.270 e. The van der Waals surface area contributed by atoms with Crippen LogP contribution in [0.5, 0.6) is 0 Å². The minimum Gasteiger partial charge on any atom is -0.379 e. The maximum absolute atomic E-state index is 13.1. The van der Waals surface area contributed by atoms with Gasteiger partial charge in [-0.2, -0.15) is 9.41 Å². The van der Waals surface area contributed by atoms with Gasteiger partial charge in [-0.1, -0.05) is 19.9 Å². The molecule has 2 fully saturated rings. The van der Waals surface area contributed by atoms with Crippen LogP contribution in [0.1, 0.15) is 26.7 Å². The quantitative estimate of drug-likeness (QED) is 0.418. The van der Waals surface area contributed by atoms with E-state index in [0.717, 1.165) is 24.5 Å². The molecule has 1 aliphatic heterocycles. The highest BCUT2D eigenvalue weighted by atomic mass is 32.2. The van der Waals surface area contributed by atoms with Gasteiger partial charge in [0.2, 0.25) is 10.0 Å². The van der Waals surface area contributed by atoms with Gasteiger partial charge in [0.1, 0.15) is 4.90 Å². The van der Waals surface area contributed by atoms with Crippen molar-refractivity contribution in [3.05, 3.63) is 40.0 Å². The molecule has 1 heterocycles. The number of nitro benzene ring substituents is 1. The third-order valence-corrected chi connectivity index (χ3v) is 8.61. The molecule has 1 saturated carbocycles. The van der Waals surface area contributed by atoms with Gasteiger partial charge in [0, 0.05) is 25.2 Å². The standard InChI is InChI=1S/C20H26N4O5S/c1-20(2)15-4-3-14(17(20)11-15)13-21-22-18-6-5-16(24(25)26)12-19(18)30(27,28)23-7-9-29-10-8-23/h3,5-6,12-13,15,17,22H,4,7-11H2,1-2H3/b21-13+. The molecule has 5 rings (SSSR count). The molecule has 30 heavy (non-hydrogen) atoms. The van der Waals surface area contributed by atoms with Crippen LogP contribution in [0.4, 0.5) is 11.4 Å². The van der Waals surface area contributed by atoms with E-state index in [2.05, 4.69) is 30.5 Å². The minimum atomic E-state index is -3.93. The number of allylic oxidation sites excluding steroid dienone is 2. The molecule has 0 radical (unpaired) electrons. The first kappa shape index (κ1) is 21.0. The van der Waals surface area contributed by atoms with E-state index in [-0.39, 0.29) is 34.8 Å². The fraction of sp³-hybridized carbons (Fsp3) is 0.550. The molecule has 1 N–H and O–H groups in total. The summed E-state index contributed by atoms with van der Waals surface area (Å²) in [5.74, 6) is 1.17. The number of nitrogens with one attached hydrogen (secondary N) is 1. The van der Waals surface area contributed by atoms with Gasteiger partial charge >= 0.3 is 0 Å². The predicted molar refractivity (Wildman–Crippen MR) is 113 cm³/mol. The van der Waals surface area contributed by atoms with Crippen molar-refractivity contribution >= 4 is 27.6 Å². The average Bonchev–Trinajstić information content (AvgIpc) is 2.74. The van der Waals surface area contributed by atoms with Gasteiger partial charge in [-0.25, -0.2) is 8.42 Å². The Hall–Kier alpha value is -2.30. The number of nitrogens with zero attached hydrogens (tertiary/aromatic N) is 3. The highest BCUT2D eigenvalue weighted by Gasteiger charge is 2.50. The number of hydrogen-bond acceptors (Lipinski definition) is 7. The molecule has 0 spiro atoms.